The average Bonchev–Trinajstić information content (AvgIpc) is 2.55. The van der Waals surface area contributed by atoms with E-state index < -0.39 is 5.41 Å². The van der Waals surface area contributed by atoms with Gasteiger partial charge in [-0.05, 0) is 19.3 Å². The minimum atomic E-state index is -0.514. The summed E-state index contributed by atoms with van der Waals surface area (Å²) in [7, 11) is 0. The van der Waals surface area contributed by atoms with Crippen LogP contribution in [0.5, 0.6) is 0 Å². The largest absolute Gasteiger partial charge is 0.394 e. The molecule has 1 aliphatic heterocycles. The molecule has 0 saturated carbocycles. The lowest BCUT2D eigenvalue weighted by Crippen LogP contribution is -2.44. The Kier molecular flexibility index (Phi) is 4.08. The molecule has 0 aromatic heterocycles. The second kappa shape index (κ2) is 4.95. The van der Waals surface area contributed by atoms with Crippen LogP contribution >= 0.6 is 0 Å². The van der Waals surface area contributed by atoms with E-state index in [1.807, 2.05) is 20.8 Å². The molecule has 0 spiro atoms. The Balaban J connectivity index is 2.98. The second-order valence-corrected chi connectivity index (χ2v) is 4.48. The van der Waals surface area contributed by atoms with Crippen LogP contribution < -0.4 is 0 Å². The van der Waals surface area contributed by atoms with Gasteiger partial charge >= 0.3 is 0 Å². The van der Waals surface area contributed by atoms with Crippen LogP contribution in [0.25, 0.3) is 0 Å². The number of imide groups is 1. The summed E-state index contributed by atoms with van der Waals surface area (Å²) in [6.45, 7) is 5.62. The van der Waals surface area contributed by atoms with Gasteiger partial charge in [0.1, 0.15) is 0 Å². The van der Waals surface area contributed by atoms with Crippen molar-refractivity contribution in [2.24, 2.45) is 5.41 Å². The van der Waals surface area contributed by atoms with Crippen molar-refractivity contribution in [2.45, 2.75) is 52.5 Å². The number of hydrogen-bond donors (Lipinski definition) is 1. The van der Waals surface area contributed by atoms with Gasteiger partial charge in [0, 0.05) is 6.42 Å². The highest BCUT2D eigenvalue weighted by Crippen LogP contribution is 2.40. The monoisotopic (exact) mass is 227 g/mol. The maximum Gasteiger partial charge on any atom is 0.236 e. The number of carbonyl (C=O) groups is 2. The van der Waals surface area contributed by atoms with E-state index in [9.17, 15) is 14.7 Å². The van der Waals surface area contributed by atoms with Crippen LogP contribution in [0.15, 0.2) is 0 Å². The molecular formula is C12H21NO3. The molecule has 0 aromatic rings. The molecule has 0 bridgehead atoms. The quantitative estimate of drug-likeness (QED) is 0.721. The van der Waals surface area contributed by atoms with Gasteiger partial charge in [-0.25, -0.2) is 0 Å². The van der Waals surface area contributed by atoms with E-state index in [0.717, 1.165) is 0 Å². The van der Waals surface area contributed by atoms with Crippen LogP contribution in [-0.4, -0.2) is 34.5 Å². The Morgan fingerprint density at radius 1 is 1.31 bits per heavy atom. The smallest absolute Gasteiger partial charge is 0.236 e. The normalized spacial score (nSPS) is 21.6. The first kappa shape index (κ1) is 13.2. The van der Waals surface area contributed by atoms with Gasteiger partial charge in [0.15, 0.2) is 0 Å². The van der Waals surface area contributed by atoms with E-state index in [4.69, 9.17) is 0 Å². The van der Waals surface area contributed by atoms with E-state index in [-0.39, 0.29) is 24.5 Å². The molecule has 1 saturated heterocycles. The third-order valence-corrected chi connectivity index (χ3v) is 3.83. The van der Waals surface area contributed by atoms with Crippen LogP contribution in [-0.2, 0) is 9.59 Å². The standard InChI is InChI=1S/C12H21NO3/c1-4-9(8-14)13-10(15)7-12(5-2,6-3)11(13)16/h9,14H,4-8H2,1-3H3. The number of carbonyl (C=O) groups excluding carboxylic acids is 2. The number of nitrogens with zero attached hydrogens (tertiary/aromatic N) is 1. The topological polar surface area (TPSA) is 57.6 Å². The molecule has 1 rings (SSSR count). The minimum absolute atomic E-state index is 0.0941. The number of amides is 2. The van der Waals surface area contributed by atoms with Gasteiger partial charge in [0.25, 0.3) is 0 Å². The Labute approximate surface area is 96.6 Å². The van der Waals surface area contributed by atoms with Crippen LogP contribution in [0.1, 0.15) is 46.5 Å². The summed E-state index contributed by atoms with van der Waals surface area (Å²) >= 11 is 0. The van der Waals surface area contributed by atoms with Gasteiger partial charge in [-0.2, -0.15) is 0 Å². The number of likely N-dealkylation sites (tertiary alicyclic amines) is 1. The summed E-state index contributed by atoms with van der Waals surface area (Å²) in [5.74, 6) is -0.224. The van der Waals surface area contributed by atoms with Crippen LogP contribution in [0.4, 0.5) is 0 Å². The van der Waals surface area contributed by atoms with E-state index >= 15 is 0 Å². The Bertz CT molecular complexity index is 280. The highest BCUT2D eigenvalue weighted by atomic mass is 16.3. The molecule has 1 aliphatic rings. The molecule has 0 aliphatic carbocycles. The maximum absolute atomic E-state index is 12.3. The highest BCUT2D eigenvalue weighted by Gasteiger charge is 2.50. The molecule has 4 nitrogen and oxygen atoms in total. The molecule has 1 unspecified atom stereocenters. The first-order valence-electron chi connectivity index (χ1n) is 6.03. The summed E-state index contributed by atoms with van der Waals surface area (Å²) in [4.78, 5) is 25.4. The lowest BCUT2D eigenvalue weighted by Gasteiger charge is -2.27. The number of aliphatic hydroxyl groups is 1. The van der Waals surface area contributed by atoms with E-state index in [1.165, 1.54) is 4.90 Å². The van der Waals surface area contributed by atoms with Gasteiger partial charge in [-0.15, -0.1) is 0 Å². The molecule has 2 amide bonds. The lowest BCUT2D eigenvalue weighted by molar-refractivity contribution is -0.145. The summed E-state index contributed by atoms with van der Waals surface area (Å²) in [5.41, 5.74) is -0.514. The third kappa shape index (κ3) is 1.86. The lowest BCUT2D eigenvalue weighted by atomic mass is 9.81. The second-order valence-electron chi connectivity index (χ2n) is 4.48. The molecule has 1 atom stereocenters. The van der Waals surface area contributed by atoms with Gasteiger partial charge in [-0.3, -0.25) is 14.5 Å². The van der Waals surface area contributed by atoms with Crippen LogP contribution in [0.2, 0.25) is 0 Å². The fraction of sp³-hybridized carbons (Fsp3) is 0.833. The zero-order valence-corrected chi connectivity index (χ0v) is 10.3. The molecule has 0 radical (unpaired) electrons. The van der Waals surface area contributed by atoms with Crippen molar-refractivity contribution in [3.05, 3.63) is 0 Å². The molecule has 1 fully saturated rings. The van der Waals surface area contributed by atoms with Crippen molar-refractivity contribution in [1.29, 1.82) is 0 Å². The fourth-order valence-corrected chi connectivity index (χ4v) is 2.38. The molecule has 92 valence electrons. The van der Waals surface area contributed by atoms with Crippen molar-refractivity contribution in [2.75, 3.05) is 6.61 Å². The first-order valence-corrected chi connectivity index (χ1v) is 6.03. The predicted molar refractivity (Wildman–Crippen MR) is 60.6 cm³/mol. The summed E-state index contributed by atoms with van der Waals surface area (Å²) in [5, 5.41) is 9.19. The molecule has 1 N–H and O–H groups in total. The van der Waals surface area contributed by atoms with E-state index in [2.05, 4.69) is 0 Å². The zero-order chi connectivity index (χ0) is 12.3. The zero-order valence-electron chi connectivity index (χ0n) is 10.3. The summed E-state index contributed by atoms with van der Waals surface area (Å²) in [6.07, 6.45) is 2.28. The van der Waals surface area contributed by atoms with Gasteiger partial charge < -0.3 is 5.11 Å². The van der Waals surface area contributed by atoms with Gasteiger partial charge in [0.05, 0.1) is 18.1 Å². The van der Waals surface area contributed by atoms with E-state index in [1.54, 1.807) is 0 Å². The molecule has 16 heavy (non-hydrogen) atoms. The predicted octanol–water partition coefficient (Wildman–Crippen LogP) is 1.32. The number of rotatable bonds is 5. The van der Waals surface area contributed by atoms with Crippen LogP contribution in [0.3, 0.4) is 0 Å². The molecule has 1 heterocycles. The summed E-state index contributed by atoms with van der Waals surface area (Å²) in [6, 6.07) is -0.347. The SMILES string of the molecule is CCC(CO)N1C(=O)CC(CC)(CC)C1=O. The summed E-state index contributed by atoms with van der Waals surface area (Å²) < 4.78 is 0. The molecular weight excluding hydrogens is 206 g/mol. The number of aliphatic hydroxyl groups excluding tert-OH is 1. The first-order chi connectivity index (χ1) is 7.56. The molecule has 4 heteroatoms. The Morgan fingerprint density at radius 2 is 1.88 bits per heavy atom. The van der Waals surface area contributed by atoms with Crippen molar-refractivity contribution < 1.29 is 14.7 Å². The van der Waals surface area contributed by atoms with Crippen molar-refractivity contribution in [1.82, 2.24) is 4.90 Å². The van der Waals surface area contributed by atoms with Gasteiger partial charge in [0.2, 0.25) is 11.8 Å². The van der Waals surface area contributed by atoms with Crippen molar-refractivity contribution in [3.63, 3.8) is 0 Å². The van der Waals surface area contributed by atoms with Crippen molar-refractivity contribution >= 4 is 11.8 Å². The fourth-order valence-electron chi connectivity index (χ4n) is 2.38. The highest BCUT2D eigenvalue weighted by molar-refractivity contribution is 6.06. The van der Waals surface area contributed by atoms with Crippen LogP contribution in [0, 0.1) is 5.41 Å². The Hall–Kier alpha value is -0.900. The molecule has 0 aromatic carbocycles. The van der Waals surface area contributed by atoms with Gasteiger partial charge in [-0.1, -0.05) is 20.8 Å². The maximum atomic E-state index is 12.3. The number of hydrogen-bond acceptors (Lipinski definition) is 3. The van der Waals surface area contributed by atoms with Crippen molar-refractivity contribution in [3.8, 4) is 0 Å². The third-order valence-electron chi connectivity index (χ3n) is 3.83. The minimum Gasteiger partial charge on any atom is -0.394 e. The van der Waals surface area contributed by atoms with E-state index in [0.29, 0.717) is 25.7 Å². The Morgan fingerprint density at radius 3 is 2.19 bits per heavy atom. The average molecular weight is 227 g/mol.